The average Bonchev–Trinajstić information content (AvgIpc) is 3.29. The number of hydrogen-bond donors (Lipinski definition) is 9. The summed E-state index contributed by atoms with van der Waals surface area (Å²) in [4.78, 5) is 82.0. The van der Waals surface area contributed by atoms with Crippen molar-refractivity contribution >= 4 is 35.4 Å². The number of nitrogens with two attached hydrogens (primary N) is 4. The largest absolute Gasteiger partial charge is 0.497 e. The highest BCUT2D eigenvalue weighted by molar-refractivity contribution is 5.85. The van der Waals surface area contributed by atoms with E-state index in [0.29, 0.717) is 69.7 Å². The summed E-state index contributed by atoms with van der Waals surface area (Å²) in [7, 11) is 1.59. The summed E-state index contributed by atoms with van der Waals surface area (Å²) in [6.07, 6.45) is 11.1. The Labute approximate surface area is 408 Å². The van der Waals surface area contributed by atoms with Crippen LogP contribution >= 0.6 is 0 Å². The second-order valence-electron chi connectivity index (χ2n) is 20.6. The highest BCUT2D eigenvalue weighted by atomic mass is 16.5. The van der Waals surface area contributed by atoms with Crippen molar-refractivity contribution in [2.24, 2.45) is 70.3 Å². The van der Waals surface area contributed by atoms with Crippen molar-refractivity contribution in [3.8, 4) is 5.75 Å². The maximum Gasteiger partial charge on any atom is 0.225 e. The van der Waals surface area contributed by atoms with Crippen LogP contribution in [0.1, 0.15) is 151 Å². The van der Waals surface area contributed by atoms with E-state index in [1.807, 2.05) is 65.8 Å². The molecule has 6 amide bonds. The van der Waals surface area contributed by atoms with Gasteiger partial charge >= 0.3 is 0 Å². The SMILES string of the molecule is COc1ccc(C[C@@H](NC(=O)[C@@H](C)[C@H](N)CCCCN)[C@H](C)C(=O)NC[C@H](C(=O)N[C@H](CCCCN)CC(=O)N[C@H](C)[C@H](CC2CCCCC2)C(=O)N[C@H](C)[C@H](CC(C)C)C(N)=O)C(C)C)cc1. The number of unbranched alkanes of at least 4 members (excludes halogenated alkanes) is 2. The summed E-state index contributed by atoms with van der Waals surface area (Å²) in [5, 5.41) is 15.4. The highest BCUT2D eigenvalue weighted by Gasteiger charge is 2.35. The third-order valence-electron chi connectivity index (χ3n) is 14.1. The maximum atomic E-state index is 14.1. The third kappa shape index (κ3) is 21.6. The van der Waals surface area contributed by atoms with Crippen molar-refractivity contribution in [3.05, 3.63) is 29.8 Å². The molecular formula is C52H93N9O7. The Morgan fingerprint density at radius 2 is 1.26 bits per heavy atom. The van der Waals surface area contributed by atoms with Gasteiger partial charge in [0.25, 0.3) is 0 Å². The van der Waals surface area contributed by atoms with Crippen molar-refractivity contribution in [1.82, 2.24) is 26.6 Å². The Balaban J connectivity index is 2.23. The zero-order valence-electron chi connectivity index (χ0n) is 43.2. The molecule has 1 aliphatic rings. The number of benzene rings is 1. The fourth-order valence-electron chi connectivity index (χ4n) is 9.37. The Morgan fingerprint density at radius 3 is 1.82 bits per heavy atom. The topological polar surface area (TPSA) is 276 Å². The predicted octanol–water partition coefficient (Wildman–Crippen LogP) is 4.59. The number of carbonyl (C=O) groups is 6. The minimum Gasteiger partial charge on any atom is -0.497 e. The van der Waals surface area contributed by atoms with E-state index in [-0.39, 0.29) is 60.4 Å². The zero-order chi connectivity index (χ0) is 50.9. The van der Waals surface area contributed by atoms with Crippen LogP contribution in [0.2, 0.25) is 0 Å². The molecule has 0 unspecified atom stereocenters. The molecule has 0 bridgehead atoms. The van der Waals surface area contributed by atoms with Crippen molar-refractivity contribution in [2.75, 3.05) is 26.7 Å². The summed E-state index contributed by atoms with van der Waals surface area (Å²) >= 11 is 0. The maximum absolute atomic E-state index is 14.1. The van der Waals surface area contributed by atoms with Crippen LogP contribution in [0.25, 0.3) is 0 Å². The number of carbonyl (C=O) groups excluding carboxylic acids is 6. The van der Waals surface area contributed by atoms with Gasteiger partial charge in [0, 0.05) is 43.2 Å². The normalized spacial score (nSPS) is 17.6. The van der Waals surface area contributed by atoms with Crippen LogP contribution in [0.3, 0.4) is 0 Å². The number of methoxy groups -OCH3 is 1. The first kappa shape index (κ1) is 59.8. The number of primary amides is 1. The third-order valence-corrected chi connectivity index (χ3v) is 14.1. The van der Waals surface area contributed by atoms with Crippen LogP contribution in [-0.2, 0) is 35.2 Å². The summed E-state index contributed by atoms with van der Waals surface area (Å²) in [6, 6.07) is 5.01. The van der Waals surface area contributed by atoms with Crippen LogP contribution in [0, 0.1) is 47.3 Å². The number of rotatable bonds is 33. The van der Waals surface area contributed by atoms with Crippen LogP contribution in [0.15, 0.2) is 24.3 Å². The lowest BCUT2D eigenvalue weighted by Gasteiger charge is -2.32. The number of hydrogen-bond acceptors (Lipinski definition) is 10. The van der Waals surface area contributed by atoms with Crippen LogP contribution in [-0.4, -0.2) is 92.4 Å². The molecule has 2 rings (SSSR count). The summed E-state index contributed by atoms with van der Waals surface area (Å²) in [5.74, 6) is -3.58. The van der Waals surface area contributed by atoms with E-state index < -0.39 is 59.7 Å². The van der Waals surface area contributed by atoms with E-state index >= 15 is 0 Å². The van der Waals surface area contributed by atoms with Gasteiger partial charge in [-0.1, -0.05) is 98.6 Å². The van der Waals surface area contributed by atoms with Crippen molar-refractivity contribution < 1.29 is 33.5 Å². The Morgan fingerprint density at radius 1 is 0.676 bits per heavy atom. The lowest BCUT2D eigenvalue weighted by molar-refractivity contribution is -0.131. The molecule has 1 aliphatic carbocycles. The van der Waals surface area contributed by atoms with Gasteiger partial charge in [0.15, 0.2) is 0 Å². The molecule has 0 aliphatic heterocycles. The molecule has 0 spiro atoms. The van der Waals surface area contributed by atoms with Gasteiger partial charge in [-0.3, -0.25) is 28.8 Å². The quantitative estimate of drug-likeness (QED) is 0.0442. The second kappa shape index (κ2) is 31.8. The van der Waals surface area contributed by atoms with Crippen molar-refractivity contribution in [3.63, 3.8) is 0 Å². The monoisotopic (exact) mass is 956 g/mol. The van der Waals surface area contributed by atoms with Gasteiger partial charge in [0.2, 0.25) is 35.4 Å². The molecule has 0 radical (unpaired) electrons. The van der Waals surface area contributed by atoms with Gasteiger partial charge in [-0.05, 0) is 107 Å². The fraction of sp³-hybridized carbons (Fsp3) is 0.769. The first-order chi connectivity index (χ1) is 32.2. The molecule has 1 saturated carbocycles. The van der Waals surface area contributed by atoms with E-state index in [0.717, 1.165) is 44.1 Å². The van der Waals surface area contributed by atoms with Gasteiger partial charge in [0.1, 0.15) is 5.75 Å². The van der Waals surface area contributed by atoms with Crippen molar-refractivity contribution in [2.45, 2.75) is 182 Å². The molecule has 68 heavy (non-hydrogen) atoms. The Hall–Kier alpha value is -4.28. The molecule has 13 N–H and O–H groups in total. The standard InChI is InChI=1S/C52H93N9O7/c1-32(2)27-42(48(56)63)36(7)59-51(66)43(28-38-17-11-10-12-18-38)37(8)58-47(62)30-40(19-13-15-25-53)60-52(67)44(33(3)4)31-57-49(64)35(6)46(29-39-21-23-41(68-9)24-22-39)61-50(65)34(5)45(55)20-14-16-26-54/h21-24,32-38,40,42-46H,10-20,25-31,53-55H2,1-9H3,(H2,56,63)(H,57,64)(H,58,62)(H,59,66)(H,60,67)(H,61,65)/t34-,35-,36+,37+,40+,42-,43-,44-,45+,46+/m0/s1. The molecule has 1 fully saturated rings. The molecule has 0 saturated heterocycles. The molecule has 16 heteroatoms. The summed E-state index contributed by atoms with van der Waals surface area (Å²) in [6.45, 7) is 16.1. The van der Waals surface area contributed by atoms with Crippen LogP contribution in [0.5, 0.6) is 5.75 Å². The van der Waals surface area contributed by atoms with E-state index in [9.17, 15) is 28.8 Å². The van der Waals surface area contributed by atoms with Crippen LogP contribution in [0.4, 0.5) is 0 Å². The Bertz CT molecular complexity index is 1670. The van der Waals surface area contributed by atoms with E-state index in [2.05, 4.69) is 26.6 Å². The minimum atomic E-state index is -0.677. The molecule has 388 valence electrons. The molecule has 1 aromatic carbocycles. The van der Waals surface area contributed by atoms with Crippen LogP contribution < -0.4 is 54.3 Å². The van der Waals surface area contributed by atoms with E-state index in [1.54, 1.807) is 21.0 Å². The first-order valence-electron chi connectivity index (χ1n) is 25.8. The number of ether oxygens (including phenoxy) is 1. The van der Waals surface area contributed by atoms with E-state index in [4.69, 9.17) is 27.7 Å². The lowest BCUT2D eigenvalue weighted by Crippen LogP contribution is -2.52. The average molecular weight is 956 g/mol. The van der Waals surface area contributed by atoms with Gasteiger partial charge < -0.3 is 54.3 Å². The fourth-order valence-corrected chi connectivity index (χ4v) is 9.37. The molecule has 0 aromatic heterocycles. The first-order valence-corrected chi connectivity index (χ1v) is 25.8. The Kier molecular flexibility index (Phi) is 28.0. The molecule has 1 aromatic rings. The summed E-state index contributed by atoms with van der Waals surface area (Å²) < 4.78 is 5.33. The highest BCUT2D eigenvalue weighted by Crippen LogP contribution is 2.31. The molecule has 10 atom stereocenters. The number of amides is 6. The van der Waals surface area contributed by atoms with Gasteiger partial charge in [-0.2, -0.15) is 0 Å². The molecule has 16 nitrogen and oxygen atoms in total. The number of nitrogens with one attached hydrogen (secondary N) is 5. The second-order valence-corrected chi connectivity index (χ2v) is 20.6. The molecular weight excluding hydrogens is 863 g/mol. The predicted molar refractivity (Wildman–Crippen MR) is 271 cm³/mol. The van der Waals surface area contributed by atoms with Gasteiger partial charge in [-0.25, -0.2) is 0 Å². The molecule has 0 heterocycles. The van der Waals surface area contributed by atoms with E-state index in [1.165, 1.54) is 6.42 Å². The smallest absolute Gasteiger partial charge is 0.225 e. The summed E-state index contributed by atoms with van der Waals surface area (Å²) in [5.41, 5.74) is 24.6. The van der Waals surface area contributed by atoms with Gasteiger partial charge in [-0.15, -0.1) is 0 Å². The lowest BCUT2D eigenvalue weighted by atomic mass is 9.80. The zero-order valence-corrected chi connectivity index (χ0v) is 43.2. The van der Waals surface area contributed by atoms with Crippen molar-refractivity contribution in [1.29, 1.82) is 0 Å². The van der Waals surface area contributed by atoms with Gasteiger partial charge in [0.05, 0.1) is 36.7 Å². The minimum absolute atomic E-state index is 0.0109.